The molecule has 0 amide bonds. The smallest absolute Gasteiger partial charge is 0.266 e. The molecule has 4 heteroatoms. The molecule has 0 saturated carbocycles. The molecule has 0 aliphatic rings. The van der Waals surface area contributed by atoms with E-state index in [4.69, 9.17) is 4.98 Å². The lowest BCUT2D eigenvalue weighted by Crippen LogP contribution is -2.21. The molecule has 0 N–H and O–H groups in total. The molecule has 128 valence electrons. The van der Waals surface area contributed by atoms with Crippen LogP contribution in [0.2, 0.25) is 0 Å². The van der Waals surface area contributed by atoms with E-state index < -0.39 is 0 Å². The zero-order valence-electron chi connectivity index (χ0n) is 14.4. The van der Waals surface area contributed by atoms with Gasteiger partial charge in [0, 0.05) is 5.75 Å². The van der Waals surface area contributed by atoms with Crippen LogP contribution in [0.15, 0.2) is 88.8 Å². The molecule has 0 fully saturated rings. The number of benzene rings is 3. The first-order valence-electron chi connectivity index (χ1n) is 8.48. The van der Waals surface area contributed by atoms with Crippen LogP contribution in [0.25, 0.3) is 16.6 Å². The van der Waals surface area contributed by atoms with Crippen molar-refractivity contribution in [1.82, 2.24) is 9.55 Å². The second kappa shape index (κ2) is 7.18. The van der Waals surface area contributed by atoms with Crippen LogP contribution in [0.3, 0.4) is 0 Å². The number of thioether (sulfide) groups is 1. The van der Waals surface area contributed by atoms with Crippen molar-refractivity contribution in [3.63, 3.8) is 0 Å². The molecule has 3 aromatic carbocycles. The summed E-state index contributed by atoms with van der Waals surface area (Å²) in [6.45, 7) is 2.09. The predicted molar refractivity (Wildman–Crippen MR) is 108 cm³/mol. The summed E-state index contributed by atoms with van der Waals surface area (Å²) in [5.41, 5.74) is 3.99. The highest BCUT2D eigenvalue weighted by Crippen LogP contribution is 2.24. The summed E-state index contributed by atoms with van der Waals surface area (Å²) in [5, 5.41) is 1.35. The van der Waals surface area contributed by atoms with Gasteiger partial charge in [-0.15, -0.1) is 0 Å². The van der Waals surface area contributed by atoms with Crippen molar-refractivity contribution >= 4 is 22.7 Å². The Morgan fingerprint density at radius 2 is 1.69 bits per heavy atom. The Morgan fingerprint density at radius 3 is 2.50 bits per heavy atom. The molecule has 0 saturated heterocycles. The minimum absolute atomic E-state index is 0.0338. The quantitative estimate of drug-likeness (QED) is 0.381. The van der Waals surface area contributed by atoms with Crippen molar-refractivity contribution in [1.29, 1.82) is 0 Å². The monoisotopic (exact) mass is 358 g/mol. The largest absolute Gasteiger partial charge is 0.268 e. The second-order valence-electron chi connectivity index (χ2n) is 6.17. The van der Waals surface area contributed by atoms with E-state index in [2.05, 4.69) is 31.2 Å². The number of hydrogen-bond acceptors (Lipinski definition) is 3. The normalized spacial score (nSPS) is 11.0. The van der Waals surface area contributed by atoms with Crippen molar-refractivity contribution in [2.24, 2.45) is 0 Å². The van der Waals surface area contributed by atoms with Gasteiger partial charge in [-0.2, -0.15) is 0 Å². The Balaban J connectivity index is 1.83. The summed E-state index contributed by atoms with van der Waals surface area (Å²) < 4.78 is 1.71. The Bertz CT molecular complexity index is 1120. The number of hydrogen-bond donors (Lipinski definition) is 0. The summed E-state index contributed by atoms with van der Waals surface area (Å²) >= 11 is 1.58. The van der Waals surface area contributed by atoms with E-state index in [9.17, 15) is 4.79 Å². The number of nitrogens with zero attached hydrogens (tertiary/aromatic N) is 2. The summed E-state index contributed by atoms with van der Waals surface area (Å²) in [5.74, 6) is 0.763. The third-order valence-electron chi connectivity index (χ3n) is 4.21. The van der Waals surface area contributed by atoms with Gasteiger partial charge in [-0.1, -0.05) is 71.9 Å². The van der Waals surface area contributed by atoms with Crippen molar-refractivity contribution < 1.29 is 0 Å². The molecule has 0 aliphatic carbocycles. The molecule has 0 aliphatic heterocycles. The number of para-hydroxylation sites is 2. The van der Waals surface area contributed by atoms with Gasteiger partial charge < -0.3 is 0 Å². The maximum absolute atomic E-state index is 13.1. The molecule has 1 heterocycles. The van der Waals surface area contributed by atoms with Crippen molar-refractivity contribution in [2.75, 3.05) is 0 Å². The number of aromatic nitrogens is 2. The summed E-state index contributed by atoms with van der Waals surface area (Å²) in [7, 11) is 0. The number of fused-ring (bicyclic) bond motifs is 1. The predicted octanol–water partition coefficient (Wildman–Crippen LogP) is 4.99. The van der Waals surface area contributed by atoms with Crippen LogP contribution in [-0.4, -0.2) is 9.55 Å². The average Bonchev–Trinajstić information content (AvgIpc) is 2.67. The van der Waals surface area contributed by atoms with Crippen molar-refractivity contribution in [3.8, 4) is 5.69 Å². The van der Waals surface area contributed by atoms with E-state index in [-0.39, 0.29) is 5.56 Å². The molecule has 3 nitrogen and oxygen atoms in total. The topological polar surface area (TPSA) is 34.9 Å². The molecule has 0 radical (unpaired) electrons. The second-order valence-corrected chi connectivity index (χ2v) is 7.11. The Hall–Kier alpha value is -2.85. The Morgan fingerprint density at radius 1 is 0.923 bits per heavy atom. The number of aryl methyl sites for hydroxylation is 1. The highest BCUT2D eigenvalue weighted by atomic mass is 32.2. The highest BCUT2D eigenvalue weighted by Gasteiger charge is 2.13. The van der Waals surface area contributed by atoms with Gasteiger partial charge in [0.15, 0.2) is 5.16 Å². The maximum Gasteiger partial charge on any atom is 0.266 e. The van der Waals surface area contributed by atoms with Crippen LogP contribution >= 0.6 is 11.8 Å². The number of rotatable bonds is 4. The molecule has 26 heavy (non-hydrogen) atoms. The van der Waals surface area contributed by atoms with E-state index in [0.29, 0.717) is 10.5 Å². The molecule has 4 aromatic rings. The third kappa shape index (κ3) is 3.28. The van der Waals surface area contributed by atoms with Gasteiger partial charge in [0.2, 0.25) is 0 Å². The van der Waals surface area contributed by atoms with Gasteiger partial charge >= 0.3 is 0 Å². The van der Waals surface area contributed by atoms with Gasteiger partial charge in [-0.25, -0.2) is 4.98 Å². The van der Waals surface area contributed by atoms with E-state index >= 15 is 0 Å². The lowest BCUT2D eigenvalue weighted by molar-refractivity contribution is 0.819. The van der Waals surface area contributed by atoms with Crippen LogP contribution < -0.4 is 5.56 Å². The highest BCUT2D eigenvalue weighted by molar-refractivity contribution is 7.98. The molecule has 0 spiro atoms. The van der Waals surface area contributed by atoms with Gasteiger partial charge in [0.25, 0.3) is 5.56 Å². The Kier molecular flexibility index (Phi) is 4.59. The average molecular weight is 358 g/mol. The Labute approximate surface area is 156 Å². The van der Waals surface area contributed by atoms with Crippen LogP contribution in [0, 0.1) is 6.92 Å². The fourth-order valence-electron chi connectivity index (χ4n) is 2.96. The zero-order chi connectivity index (χ0) is 17.9. The van der Waals surface area contributed by atoms with Crippen LogP contribution in [0.5, 0.6) is 0 Å². The van der Waals surface area contributed by atoms with E-state index in [1.807, 2.05) is 54.6 Å². The van der Waals surface area contributed by atoms with E-state index in [0.717, 1.165) is 17.0 Å². The molecule has 0 atom stereocenters. The first kappa shape index (κ1) is 16.6. The lowest BCUT2D eigenvalue weighted by Gasteiger charge is -2.13. The minimum atomic E-state index is -0.0338. The summed E-state index contributed by atoms with van der Waals surface area (Å²) in [4.78, 5) is 17.9. The molecule has 1 aromatic heterocycles. The molecular formula is C22H18N2OS. The van der Waals surface area contributed by atoms with Crippen LogP contribution in [0.1, 0.15) is 11.1 Å². The molecule has 0 bridgehead atoms. The SMILES string of the molecule is Cc1cccc(CSc2nc3ccccc3c(=O)n2-c2ccccc2)c1. The van der Waals surface area contributed by atoms with Gasteiger partial charge in [0.1, 0.15) is 0 Å². The van der Waals surface area contributed by atoms with Gasteiger partial charge in [0.05, 0.1) is 16.6 Å². The van der Waals surface area contributed by atoms with Gasteiger partial charge in [-0.3, -0.25) is 9.36 Å². The molecule has 4 rings (SSSR count). The molecule has 0 unspecified atom stereocenters. The maximum atomic E-state index is 13.1. The van der Waals surface area contributed by atoms with Crippen molar-refractivity contribution in [3.05, 3.63) is 100 Å². The lowest BCUT2D eigenvalue weighted by atomic mass is 10.2. The minimum Gasteiger partial charge on any atom is -0.268 e. The summed E-state index contributed by atoms with van der Waals surface area (Å²) in [6, 6.07) is 25.6. The summed E-state index contributed by atoms with van der Waals surface area (Å²) in [6.07, 6.45) is 0. The fraction of sp³-hybridized carbons (Fsp3) is 0.0909. The van der Waals surface area contributed by atoms with Crippen LogP contribution in [-0.2, 0) is 5.75 Å². The van der Waals surface area contributed by atoms with Gasteiger partial charge in [-0.05, 0) is 36.8 Å². The third-order valence-corrected chi connectivity index (χ3v) is 5.22. The fourth-order valence-corrected chi connectivity index (χ4v) is 3.92. The standard InChI is InChI=1S/C22H18N2OS/c1-16-8-7-9-17(14-16)15-26-22-23-20-13-6-5-12-19(20)21(25)24(22)18-10-3-2-4-11-18/h2-14H,15H2,1H3. The zero-order valence-corrected chi connectivity index (χ0v) is 15.2. The van der Waals surface area contributed by atoms with E-state index in [1.165, 1.54) is 11.1 Å². The van der Waals surface area contributed by atoms with Crippen LogP contribution in [0.4, 0.5) is 0 Å². The first-order chi connectivity index (χ1) is 12.7. The molecular weight excluding hydrogens is 340 g/mol. The van der Waals surface area contributed by atoms with Crippen molar-refractivity contribution in [2.45, 2.75) is 17.8 Å². The first-order valence-corrected chi connectivity index (χ1v) is 9.46. The van der Waals surface area contributed by atoms with E-state index in [1.54, 1.807) is 16.3 Å².